The average molecular weight is 290 g/mol. The van der Waals surface area contributed by atoms with Crippen molar-refractivity contribution in [3.63, 3.8) is 0 Å². The summed E-state index contributed by atoms with van der Waals surface area (Å²) >= 11 is 0. The summed E-state index contributed by atoms with van der Waals surface area (Å²) in [6.45, 7) is 0.0414. The van der Waals surface area contributed by atoms with Gasteiger partial charge in [0.2, 0.25) is 5.91 Å². The van der Waals surface area contributed by atoms with E-state index in [1.54, 1.807) is 6.07 Å². The van der Waals surface area contributed by atoms with Crippen molar-refractivity contribution in [1.29, 1.82) is 0 Å². The molecule has 1 fully saturated rings. The first-order valence-corrected chi connectivity index (χ1v) is 6.22. The molecule has 1 aromatic carbocycles. The Hall–Kier alpha value is -1.63. The Morgan fingerprint density at radius 2 is 2.10 bits per heavy atom. The van der Waals surface area contributed by atoms with Crippen LogP contribution in [-0.2, 0) is 4.79 Å². The maximum absolute atomic E-state index is 13.2. The van der Waals surface area contributed by atoms with E-state index in [2.05, 4.69) is 5.32 Å². The second-order valence-corrected chi connectivity index (χ2v) is 4.64. The van der Waals surface area contributed by atoms with Crippen molar-refractivity contribution in [3.05, 3.63) is 35.6 Å². The lowest BCUT2D eigenvalue weighted by molar-refractivity contribution is -0.139. The van der Waals surface area contributed by atoms with E-state index in [1.807, 2.05) is 0 Å². The van der Waals surface area contributed by atoms with E-state index in [0.29, 0.717) is 5.56 Å². The number of hydrogen-bond donors (Lipinski definition) is 1. The molecule has 1 N–H and O–H groups in total. The van der Waals surface area contributed by atoms with Gasteiger partial charge in [-0.3, -0.25) is 10.1 Å². The lowest BCUT2D eigenvalue weighted by atomic mass is 10.1. The highest BCUT2D eigenvalue weighted by molar-refractivity contribution is 5.80. The highest BCUT2D eigenvalue weighted by atomic mass is 19.4. The third-order valence-corrected chi connectivity index (χ3v) is 3.10. The van der Waals surface area contributed by atoms with Crippen molar-refractivity contribution in [1.82, 2.24) is 10.2 Å². The van der Waals surface area contributed by atoms with Crippen LogP contribution < -0.4 is 5.32 Å². The number of benzene rings is 1. The van der Waals surface area contributed by atoms with Gasteiger partial charge in [-0.05, 0) is 24.1 Å². The van der Waals surface area contributed by atoms with Crippen LogP contribution in [0.15, 0.2) is 24.3 Å². The standard InChI is InChI=1S/C13H14F4N2O/c14-10-4-1-3-9(7-10)12-18-8-11(20)19(12)6-2-5-13(15,16)17/h1,3-4,7,12,18H,2,5-6,8H2. The molecular formula is C13H14F4N2O. The smallest absolute Gasteiger partial charge is 0.322 e. The predicted octanol–water partition coefficient (Wildman–Crippen LogP) is 2.60. The lowest BCUT2D eigenvalue weighted by Gasteiger charge is -2.25. The molecule has 1 unspecified atom stereocenters. The van der Waals surface area contributed by atoms with Crippen molar-refractivity contribution < 1.29 is 22.4 Å². The van der Waals surface area contributed by atoms with Crippen LogP contribution in [0.5, 0.6) is 0 Å². The molecule has 0 saturated carbocycles. The van der Waals surface area contributed by atoms with Gasteiger partial charge in [-0.25, -0.2) is 4.39 Å². The molecule has 2 rings (SSSR count). The third-order valence-electron chi connectivity index (χ3n) is 3.10. The van der Waals surface area contributed by atoms with Crippen LogP contribution in [-0.4, -0.2) is 30.1 Å². The number of carbonyl (C=O) groups excluding carboxylic acids is 1. The second kappa shape index (κ2) is 5.78. The second-order valence-electron chi connectivity index (χ2n) is 4.64. The number of carbonyl (C=O) groups is 1. The van der Waals surface area contributed by atoms with Crippen LogP contribution in [0.1, 0.15) is 24.6 Å². The van der Waals surface area contributed by atoms with Gasteiger partial charge < -0.3 is 4.90 Å². The van der Waals surface area contributed by atoms with Crippen LogP contribution in [0.4, 0.5) is 17.6 Å². The fourth-order valence-corrected chi connectivity index (χ4v) is 2.22. The van der Waals surface area contributed by atoms with Crippen LogP contribution in [0.3, 0.4) is 0 Å². The Balaban J connectivity index is 2.03. The zero-order chi connectivity index (χ0) is 14.8. The lowest BCUT2D eigenvalue weighted by Crippen LogP contribution is -2.31. The van der Waals surface area contributed by atoms with Gasteiger partial charge >= 0.3 is 6.18 Å². The molecule has 3 nitrogen and oxygen atoms in total. The van der Waals surface area contributed by atoms with Gasteiger partial charge in [-0.1, -0.05) is 12.1 Å². The number of nitrogens with zero attached hydrogens (tertiary/aromatic N) is 1. The molecular weight excluding hydrogens is 276 g/mol. The van der Waals surface area contributed by atoms with Crippen LogP contribution in [0.25, 0.3) is 0 Å². The van der Waals surface area contributed by atoms with Gasteiger partial charge in [-0.15, -0.1) is 0 Å². The van der Waals surface area contributed by atoms with Gasteiger partial charge in [-0.2, -0.15) is 13.2 Å². The van der Waals surface area contributed by atoms with Gasteiger partial charge in [0.05, 0.1) is 6.54 Å². The van der Waals surface area contributed by atoms with Gasteiger partial charge in [0.25, 0.3) is 0 Å². The first-order chi connectivity index (χ1) is 9.37. The number of rotatable bonds is 4. The van der Waals surface area contributed by atoms with E-state index in [0.717, 1.165) is 0 Å². The molecule has 1 amide bonds. The van der Waals surface area contributed by atoms with Crippen molar-refractivity contribution in [2.75, 3.05) is 13.1 Å². The first kappa shape index (κ1) is 14.8. The molecule has 0 spiro atoms. The van der Waals surface area contributed by atoms with Gasteiger partial charge in [0, 0.05) is 13.0 Å². The zero-order valence-electron chi connectivity index (χ0n) is 10.6. The summed E-state index contributed by atoms with van der Waals surface area (Å²) in [6.07, 6.45) is -5.90. The molecule has 1 aliphatic heterocycles. The summed E-state index contributed by atoms with van der Waals surface area (Å²) in [5.74, 6) is -0.722. The number of amides is 1. The molecule has 0 bridgehead atoms. The minimum absolute atomic E-state index is 0.00742. The largest absolute Gasteiger partial charge is 0.389 e. The molecule has 1 aliphatic rings. The minimum Gasteiger partial charge on any atom is -0.322 e. The van der Waals surface area contributed by atoms with E-state index in [9.17, 15) is 22.4 Å². The highest BCUT2D eigenvalue weighted by Crippen LogP contribution is 2.26. The average Bonchev–Trinajstić information content (AvgIpc) is 2.70. The summed E-state index contributed by atoms with van der Waals surface area (Å²) in [5, 5.41) is 2.88. The highest BCUT2D eigenvalue weighted by Gasteiger charge is 2.33. The number of halogens is 4. The monoisotopic (exact) mass is 290 g/mol. The molecule has 20 heavy (non-hydrogen) atoms. The van der Waals surface area contributed by atoms with Crippen LogP contribution in [0, 0.1) is 5.82 Å². The zero-order valence-corrected chi connectivity index (χ0v) is 10.6. The summed E-state index contributed by atoms with van der Waals surface area (Å²) in [7, 11) is 0. The summed E-state index contributed by atoms with van der Waals surface area (Å²) in [4.78, 5) is 13.0. The molecule has 7 heteroatoms. The predicted molar refractivity (Wildman–Crippen MR) is 64.1 cm³/mol. The normalized spacial score (nSPS) is 19.7. The quantitative estimate of drug-likeness (QED) is 0.865. The van der Waals surface area contributed by atoms with Gasteiger partial charge in [0.15, 0.2) is 0 Å². The summed E-state index contributed by atoms with van der Waals surface area (Å²) in [6, 6.07) is 5.68. The van der Waals surface area contributed by atoms with E-state index in [1.165, 1.54) is 23.1 Å². The fraction of sp³-hybridized carbons (Fsp3) is 0.462. The Bertz CT molecular complexity index is 490. The van der Waals surface area contributed by atoms with E-state index in [4.69, 9.17) is 0 Å². The Kier molecular flexibility index (Phi) is 4.27. The maximum atomic E-state index is 13.2. The van der Waals surface area contributed by atoms with Crippen molar-refractivity contribution >= 4 is 5.91 Å². The van der Waals surface area contributed by atoms with Crippen molar-refractivity contribution in [2.45, 2.75) is 25.2 Å². The number of hydrogen-bond acceptors (Lipinski definition) is 2. The number of alkyl halides is 3. The van der Waals surface area contributed by atoms with Crippen LogP contribution >= 0.6 is 0 Å². The van der Waals surface area contributed by atoms with E-state index < -0.39 is 24.6 Å². The summed E-state index contributed by atoms with van der Waals surface area (Å²) in [5.41, 5.74) is 0.530. The SMILES string of the molecule is O=C1CNC(c2cccc(F)c2)N1CCCC(F)(F)F. The molecule has 1 heterocycles. The Morgan fingerprint density at radius 3 is 2.75 bits per heavy atom. The topological polar surface area (TPSA) is 32.3 Å². The maximum Gasteiger partial charge on any atom is 0.389 e. The van der Waals surface area contributed by atoms with Crippen molar-refractivity contribution in [3.8, 4) is 0 Å². The van der Waals surface area contributed by atoms with Crippen LogP contribution in [0.2, 0.25) is 0 Å². The molecule has 110 valence electrons. The van der Waals surface area contributed by atoms with Gasteiger partial charge in [0.1, 0.15) is 12.0 Å². The summed E-state index contributed by atoms with van der Waals surface area (Å²) < 4.78 is 49.6. The Morgan fingerprint density at radius 1 is 1.35 bits per heavy atom. The van der Waals surface area contributed by atoms with E-state index in [-0.39, 0.29) is 25.4 Å². The first-order valence-electron chi connectivity index (χ1n) is 6.22. The third kappa shape index (κ3) is 3.69. The molecule has 1 saturated heterocycles. The van der Waals surface area contributed by atoms with E-state index >= 15 is 0 Å². The molecule has 0 aliphatic carbocycles. The number of nitrogens with one attached hydrogen (secondary N) is 1. The fourth-order valence-electron chi connectivity index (χ4n) is 2.22. The Labute approximate surface area is 113 Å². The molecule has 1 aromatic rings. The molecule has 0 aromatic heterocycles. The molecule has 1 atom stereocenters. The minimum atomic E-state index is -4.23. The van der Waals surface area contributed by atoms with Crippen molar-refractivity contribution in [2.24, 2.45) is 0 Å². The molecule has 0 radical (unpaired) electrons.